The van der Waals surface area contributed by atoms with E-state index in [1.807, 2.05) is 6.92 Å². The minimum atomic E-state index is -0.594. The van der Waals surface area contributed by atoms with Gasteiger partial charge in [0.1, 0.15) is 17.3 Å². The van der Waals surface area contributed by atoms with Crippen LogP contribution < -0.4 is 5.32 Å². The van der Waals surface area contributed by atoms with Gasteiger partial charge in [-0.2, -0.15) is 0 Å². The second kappa shape index (κ2) is 5.26. The molecule has 0 unspecified atom stereocenters. The molecule has 0 radical (unpaired) electrons. The molecule has 1 rings (SSSR count). The summed E-state index contributed by atoms with van der Waals surface area (Å²) < 4.78 is 27.0. The zero-order valence-electron chi connectivity index (χ0n) is 8.41. The molecule has 1 nitrogen and oxygen atoms in total. The first-order valence-electron chi connectivity index (χ1n) is 4.53. The van der Waals surface area contributed by atoms with Crippen LogP contribution in [-0.4, -0.2) is 6.54 Å². The largest absolute Gasteiger partial charge is 0.380 e. The van der Waals surface area contributed by atoms with Crippen LogP contribution in [0.5, 0.6) is 0 Å². The Kier molecular flexibility index (Phi) is 4.27. The van der Waals surface area contributed by atoms with E-state index in [-0.39, 0.29) is 5.69 Å². The number of benzene rings is 1. The van der Waals surface area contributed by atoms with E-state index in [0.717, 1.165) is 5.57 Å². The molecular weight excluding hydrogens is 264 g/mol. The minimum absolute atomic E-state index is 0.0838. The maximum absolute atomic E-state index is 13.3. The molecule has 0 aliphatic carbocycles. The molecule has 15 heavy (non-hydrogen) atoms. The maximum atomic E-state index is 13.3. The highest BCUT2D eigenvalue weighted by Crippen LogP contribution is 2.23. The van der Waals surface area contributed by atoms with Crippen LogP contribution in [0.2, 0.25) is 0 Å². The Morgan fingerprint density at radius 3 is 2.40 bits per heavy atom. The molecule has 0 fully saturated rings. The molecule has 1 aromatic rings. The van der Waals surface area contributed by atoms with Gasteiger partial charge in [-0.3, -0.25) is 0 Å². The summed E-state index contributed by atoms with van der Waals surface area (Å²) in [5.41, 5.74) is 0.889. The lowest BCUT2D eigenvalue weighted by Gasteiger charge is -2.08. The molecule has 0 saturated carbocycles. The number of halogens is 3. The Labute approximate surface area is 96.3 Å². The summed E-state index contributed by atoms with van der Waals surface area (Å²) >= 11 is 3.02. The molecule has 0 amide bonds. The average molecular weight is 276 g/mol. The fourth-order valence-electron chi connectivity index (χ4n) is 1.11. The minimum Gasteiger partial charge on any atom is -0.380 e. The van der Waals surface area contributed by atoms with Crippen LogP contribution >= 0.6 is 15.9 Å². The van der Waals surface area contributed by atoms with Crippen LogP contribution in [0.25, 0.3) is 0 Å². The molecule has 0 aliphatic heterocycles. The van der Waals surface area contributed by atoms with Gasteiger partial charge in [-0.05, 0) is 25.5 Å². The van der Waals surface area contributed by atoms with Gasteiger partial charge in [0, 0.05) is 11.0 Å². The van der Waals surface area contributed by atoms with Gasteiger partial charge in [-0.25, -0.2) is 8.78 Å². The van der Waals surface area contributed by atoms with Crippen molar-refractivity contribution < 1.29 is 8.78 Å². The van der Waals surface area contributed by atoms with E-state index >= 15 is 0 Å². The zero-order chi connectivity index (χ0) is 11.4. The monoisotopic (exact) mass is 275 g/mol. The van der Waals surface area contributed by atoms with Crippen molar-refractivity contribution in [3.05, 3.63) is 40.4 Å². The van der Waals surface area contributed by atoms with Crippen LogP contribution in [0.4, 0.5) is 14.5 Å². The first kappa shape index (κ1) is 12.2. The molecule has 0 saturated heterocycles. The standard InChI is InChI=1S/C11H12BrF2N/c1-7(2)3-4-15-11-9(13)5-8(12)6-10(11)14/h5-6,15H,1,3-4H2,2H3. The zero-order valence-corrected chi connectivity index (χ0v) is 10.00. The molecular formula is C11H12BrF2N. The number of nitrogens with one attached hydrogen (secondary N) is 1. The van der Waals surface area contributed by atoms with Crippen molar-refractivity contribution >= 4 is 21.6 Å². The summed E-state index contributed by atoms with van der Waals surface area (Å²) in [6.45, 7) is 6.06. The second-order valence-electron chi connectivity index (χ2n) is 3.38. The molecule has 0 bridgehead atoms. The van der Waals surface area contributed by atoms with Crippen molar-refractivity contribution in [2.45, 2.75) is 13.3 Å². The second-order valence-corrected chi connectivity index (χ2v) is 4.29. The molecule has 0 aliphatic rings. The lowest BCUT2D eigenvalue weighted by molar-refractivity contribution is 0.586. The topological polar surface area (TPSA) is 12.0 Å². The Morgan fingerprint density at radius 2 is 1.93 bits per heavy atom. The quantitative estimate of drug-likeness (QED) is 0.816. The van der Waals surface area contributed by atoms with E-state index in [0.29, 0.717) is 17.4 Å². The number of anilines is 1. The Hall–Kier alpha value is -0.900. The molecule has 0 aromatic heterocycles. The van der Waals surface area contributed by atoms with Crippen molar-refractivity contribution in [1.82, 2.24) is 0 Å². The molecule has 0 spiro atoms. The first-order chi connectivity index (χ1) is 7.00. The molecule has 0 atom stereocenters. The Balaban J connectivity index is 2.72. The van der Waals surface area contributed by atoms with Crippen molar-refractivity contribution in [3.63, 3.8) is 0 Å². The third kappa shape index (κ3) is 3.63. The van der Waals surface area contributed by atoms with Gasteiger partial charge < -0.3 is 5.32 Å². The van der Waals surface area contributed by atoms with Crippen LogP contribution in [0.3, 0.4) is 0 Å². The molecule has 0 heterocycles. The van der Waals surface area contributed by atoms with Gasteiger partial charge in [0.2, 0.25) is 0 Å². The third-order valence-corrected chi connectivity index (χ3v) is 2.32. The predicted molar refractivity (Wildman–Crippen MR) is 62.0 cm³/mol. The van der Waals surface area contributed by atoms with E-state index in [4.69, 9.17) is 0 Å². The summed E-state index contributed by atoms with van der Waals surface area (Å²) in [5, 5.41) is 2.71. The van der Waals surface area contributed by atoms with Crippen molar-refractivity contribution in [3.8, 4) is 0 Å². The van der Waals surface area contributed by atoms with Crippen LogP contribution in [0.15, 0.2) is 28.8 Å². The Morgan fingerprint density at radius 1 is 1.40 bits per heavy atom. The first-order valence-corrected chi connectivity index (χ1v) is 5.33. The van der Waals surface area contributed by atoms with E-state index < -0.39 is 11.6 Å². The normalized spacial score (nSPS) is 10.1. The Bertz CT molecular complexity index is 354. The van der Waals surface area contributed by atoms with Gasteiger partial charge in [-0.1, -0.05) is 21.5 Å². The lowest BCUT2D eigenvalue weighted by atomic mass is 10.2. The predicted octanol–water partition coefficient (Wildman–Crippen LogP) is 4.11. The summed E-state index contributed by atoms with van der Waals surface area (Å²) in [7, 11) is 0. The van der Waals surface area contributed by atoms with Gasteiger partial charge >= 0.3 is 0 Å². The molecule has 82 valence electrons. The van der Waals surface area contributed by atoms with Crippen molar-refractivity contribution in [2.24, 2.45) is 0 Å². The van der Waals surface area contributed by atoms with Crippen LogP contribution in [0, 0.1) is 11.6 Å². The third-order valence-electron chi connectivity index (χ3n) is 1.86. The van der Waals surface area contributed by atoms with Gasteiger partial charge in [0.05, 0.1) is 0 Å². The van der Waals surface area contributed by atoms with E-state index in [2.05, 4.69) is 27.8 Å². The van der Waals surface area contributed by atoms with Gasteiger partial charge in [0.25, 0.3) is 0 Å². The van der Waals surface area contributed by atoms with E-state index in [1.165, 1.54) is 12.1 Å². The average Bonchev–Trinajstić information content (AvgIpc) is 2.08. The summed E-state index contributed by atoms with van der Waals surface area (Å²) in [4.78, 5) is 0. The van der Waals surface area contributed by atoms with Crippen LogP contribution in [-0.2, 0) is 0 Å². The van der Waals surface area contributed by atoms with E-state index in [1.54, 1.807) is 0 Å². The SMILES string of the molecule is C=C(C)CCNc1c(F)cc(Br)cc1F. The van der Waals surface area contributed by atoms with E-state index in [9.17, 15) is 8.78 Å². The number of rotatable bonds is 4. The highest BCUT2D eigenvalue weighted by molar-refractivity contribution is 9.10. The van der Waals surface area contributed by atoms with Gasteiger partial charge in [0.15, 0.2) is 0 Å². The smallest absolute Gasteiger partial charge is 0.150 e. The maximum Gasteiger partial charge on any atom is 0.150 e. The fourth-order valence-corrected chi connectivity index (χ4v) is 1.51. The van der Waals surface area contributed by atoms with Gasteiger partial charge in [-0.15, -0.1) is 6.58 Å². The number of hydrogen-bond donors (Lipinski definition) is 1. The molecule has 1 aromatic carbocycles. The summed E-state index contributed by atoms with van der Waals surface area (Å²) in [6, 6.07) is 2.46. The number of hydrogen-bond acceptors (Lipinski definition) is 1. The molecule has 4 heteroatoms. The summed E-state index contributed by atoms with van der Waals surface area (Å²) in [5.74, 6) is -1.19. The highest BCUT2D eigenvalue weighted by Gasteiger charge is 2.09. The molecule has 1 N–H and O–H groups in total. The van der Waals surface area contributed by atoms with Crippen molar-refractivity contribution in [1.29, 1.82) is 0 Å². The van der Waals surface area contributed by atoms with Crippen LogP contribution in [0.1, 0.15) is 13.3 Å². The van der Waals surface area contributed by atoms with Crippen molar-refractivity contribution in [2.75, 3.05) is 11.9 Å². The fraction of sp³-hybridized carbons (Fsp3) is 0.273. The highest BCUT2D eigenvalue weighted by atomic mass is 79.9. The summed E-state index contributed by atoms with van der Waals surface area (Å²) in [6.07, 6.45) is 0.689. The lowest BCUT2D eigenvalue weighted by Crippen LogP contribution is -2.05.